The van der Waals surface area contributed by atoms with E-state index in [1.807, 2.05) is 24.3 Å². The number of carbonyl (C=O) groups excluding carboxylic acids is 2. The molecule has 0 aliphatic heterocycles. The maximum absolute atomic E-state index is 13.0. The van der Waals surface area contributed by atoms with Crippen molar-refractivity contribution in [2.75, 3.05) is 29.1 Å². The molecular formula is C27H35ClN4O3Si. The minimum absolute atomic E-state index is 0.183. The molecule has 2 aromatic carbocycles. The van der Waals surface area contributed by atoms with E-state index in [1.54, 1.807) is 48.3 Å². The first kappa shape index (κ1) is 27.5. The Bertz CT molecular complexity index is 1200. The number of halogens is 1. The van der Waals surface area contributed by atoms with Crippen molar-refractivity contribution in [2.24, 2.45) is 7.05 Å². The molecule has 3 N–H and O–H groups in total. The van der Waals surface area contributed by atoms with Gasteiger partial charge in [0.25, 0.3) is 11.8 Å². The van der Waals surface area contributed by atoms with Gasteiger partial charge in [-0.05, 0) is 66.7 Å². The van der Waals surface area contributed by atoms with Gasteiger partial charge in [-0.25, -0.2) is 0 Å². The lowest BCUT2D eigenvalue weighted by Crippen LogP contribution is -2.41. The number of hydrogen-bond donors (Lipinski definition) is 3. The van der Waals surface area contributed by atoms with Crippen LogP contribution < -0.4 is 16.0 Å². The molecule has 1 aromatic heterocycles. The standard InChI is InChI=1S/C27H35ClN4O3Si/c1-27(2,3)36(5,6)35-16-15-29-20-11-13-22(14-12-20)31-26(34)24-18-32(4)17-23(24)25(33)30-21-9-7-19(28)8-10-21/h7-14,17-18,29H,15-16H2,1-6H3,(H,30,33)(H,31,34). The second kappa shape index (κ2) is 11.3. The summed E-state index contributed by atoms with van der Waals surface area (Å²) >= 11 is 5.91. The average molecular weight is 527 g/mol. The number of aryl methyl sites for hydroxylation is 1. The Kier molecular flexibility index (Phi) is 8.66. The summed E-state index contributed by atoms with van der Waals surface area (Å²) in [6.45, 7) is 12.5. The van der Waals surface area contributed by atoms with Crippen LogP contribution in [-0.4, -0.2) is 37.9 Å². The lowest BCUT2D eigenvalue weighted by molar-refractivity contribution is 0.0991. The van der Waals surface area contributed by atoms with Crippen LogP contribution in [-0.2, 0) is 11.5 Å². The topological polar surface area (TPSA) is 84.4 Å². The van der Waals surface area contributed by atoms with Crippen molar-refractivity contribution in [3.05, 3.63) is 77.1 Å². The van der Waals surface area contributed by atoms with E-state index in [9.17, 15) is 9.59 Å². The van der Waals surface area contributed by atoms with Crippen molar-refractivity contribution < 1.29 is 14.0 Å². The summed E-state index contributed by atoms with van der Waals surface area (Å²) in [5.41, 5.74) is 2.74. The highest BCUT2D eigenvalue weighted by atomic mass is 35.5. The van der Waals surface area contributed by atoms with Crippen molar-refractivity contribution >= 4 is 48.8 Å². The van der Waals surface area contributed by atoms with Crippen LogP contribution in [0.3, 0.4) is 0 Å². The number of carbonyl (C=O) groups is 2. The molecule has 7 nitrogen and oxygen atoms in total. The molecule has 9 heteroatoms. The molecule has 0 radical (unpaired) electrons. The molecule has 0 fully saturated rings. The highest BCUT2D eigenvalue weighted by Gasteiger charge is 2.36. The molecule has 2 amide bonds. The van der Waals surface area contributed by atoms with Crippen LogP contribution in [0, 0.1) is 0 Å². The molecule has 36 heavy (non-hydrogen) atoms. The van der Waals surface area contributed by atoms with Crippen molar-refractivity contribution in [1.82, 2.24) is 4.57 Å². The molecular weight excluding hydrogens is 492 g/mol. The highest BCUT2D eigenvalue weighted by molar-refractivity contribution is 6.74. The van der Waals surface area contributed by atoms with Gasteiger partial charge in [-0.1, -0.05) is 32.4 Å². The number of anilines is 3. The average Bonchev–Trinajstić information content (AvgIpc) is 3.20. The number of aromatic nitrogens is 1. The molecule has 0 saturated carbocycles. The third kappa shape index (κ3) is 7.22. The second-order valence-electron chi connectivity index (χ2n) is 10.3. The molecule has 0 bridgehead atoms. The first-order valence-electron chi connectivity index (χ1n) is 11.9. The zero-order valence-corrected chi connectivity index (χ0v) is 23.5. The third-order valence-electron chi connectivity index (χ3n) is 6.39. The van der Waals surface area contributed by atoms with E-state index in [1.165, 1.54) is 0 Å². The summed E-state index contributed by atoms with van der Waals surface area (Å²) in [6, 6.07) is 14.3. The summed E-state index contributed by atoms with van der Waals surface area (Å²) in [7, 11) is 0.00764. The van der Waals surface area contributed by atoms with E-state index >= 15 is 0 Å². The quantitative estimate of drug-likeness (QED) is 0.216. The van der Waals surface area contributed by atoms with Crippen LogP contribution in [0.5, 0.6) is 0 Å². The molecule has 0 aliphatic rings. The number of amides is 2. The fraction of sp³-hybridized carbons (Fsp3) is 0.333. The van der Waals surface area contributed by atoms with Crippen molar-refractivity contribution in [3.8, 4) is 0 Å². The Morgan fingerprint density at radius 2 is 1.31 bits per heavy atom. The Hall–Kier alpha value is -3.07. The van der Waals surface area contributed by atoms with Gasteiger partial charge in [-0.3, -0.25) is 9.59 Å². The van der Waals surface area contributed by atoms with Gasteiger partial charge in [-0.15, -0.1) is 0 Å². The third-order valence-corrected chi connectivity index (χ3v) is 11.2. The Labute approximate surface area is 219 Å². The summed E-state index contributed by atoms with van der Waals surface area (Å²) in [6.07, 6.45) is 3.25. The highest BCUT2D eigenvalue weighted by Crippen LogP contribution is 2.36. The summed E-state index contributed by atoms with van der Waals surface area (Å²) < 4.78 is 7.88. The number of nitrogens with zero attached hydrogens (tertiary/aromatic N) is 1. The summed E-state index contributed by atoms with van der Waals surface area (Å²) in [5.74, 6) is -0.733. The first-order valence-corrected chi connectivity index (χ1v) is 15.2. The monoisotopic (exact) mass is 526 g/mol. The van der Waals surface area contributed by atoms with Crippen LogP contribution >= 0.6 is 11.6 Å². The van der Waals surface area contributed by atoms with Crippen molar-refractivity contribution in [3.63, 3.8) is 0 Å². The Morgan fingerprint density at radius 1 is 0.861 bits per heavy atom. The molecule has 0 aliphatic carbocycles. The van der Waals surface area contributed by atoms with E-state index in [0.717, 1.165) is 5.69 Å². The molecule has 192 valence electrons. The minimum Gasteiger partial charge on any atom is -0.415 e. The van der Waals surface area contributed by atoms with E-state index < -0.39 is 8.32 Å². The van der Waals surface area contributed by atoms with Crippen LogP contribution in [0.15, 0.2) is 60.9 Å². The van der Waals surface area contributed by atoms with Gasteiger partial charge < -0.3 is 24.9 Å². The summed E-state index contributed by atoms with van der Waals surface area (Å²) in [5, 5.41) is 9.79. The number of benzene rings is 2. The molecule has 3 aromatic rings. The maximum atomic E-state index is 13.0. The second-order valence-corrected chi connectivity index (χ2v) is 15.5. The van der Waals surface area contributed by atoms with E-state index in [4.69, 9.17) is 16.0 Å². The van der Waals surface area contributed by atoms with E-state index in [0.29, 0.717) is 29.5 Å². The molecule has 0 spiro atoms. The van der Waals surface area contributed by atoms with E-state index in [2.05, 4.69) is 49.8 Å². The van der Waals surface area contributed by atoms with Crippen LogP contribution in [0.2, 0.25) is 23.2 Å². The van der Waals surface area contributed by atoms with Crippen molar-refractivity contribution in [2.45, 2.75) is 38.9 Å². The number of hydrogen-bond acceptors (Lipinski definition) is 4. The normalized spacial score (nSPS) is 11.8. The van der Waals surface area contributed by atoms with E-state index in [-0.39, 0.29) is 28.0 Å². The molecule has 3 rings (SSSR count). The zero-order valence-electron chi connectivity index (χ0n) is 21.7. The number of rotatable bonds is 9. The maximum Gasteiger partial charge on any atom is 0.258 e. The smallest absolute Gasteiger partial charge is 0.258 e. The van der Waals surface area contributed by atoms with Gasteiger partial charge in [-0.2, -0.15) is 0 Å². The molecule has 0 unspecified atom stereocenters. The number of nitrogens with one attached hydrogen (secondary N) is 3. The van der Waals surface area contributed by atoms with Gasteiger partial charge in [0, 0.05) is 48.1 Å². The van der Waals surface area contributed by atoms with Gasteiger partial charge in [0.15, 0.2) is 8.32 Å². The summed E-state index contributed by atoms with van der Waals surface area (Å²) in [4.78, 5) is 25.8. The lowest BCUT2D eigenvalue weighted by Gasteiger charge is -2.36. The van der Waals surface area contributed by atoms with Gasteiger partial charge >= 0.3 is 0 Å². The first-order chi connectivity index (χ1) is 16.9. The van der Waals surface area contributed by atoms with Crippen LogP contribution in [0.1, 0.15) is 41.5 Å². The lowest BCUT2D eigenvalue weighted by atomic mass is 10.1. The van der Waals surface area contributed by atoms with Gasteiger partial charge in [0.2, 0.25) is 0 Å². The Balaban J connectivity index is 1.57. The minimum atomic E-state index is -1.76. The molecule has 0 atom stereocenters. The molecule has 0 saturated heterocycles. The SMILES string of the molecule is Cn1cc(C(=O)Nc2ccc(Cl)cc2)c(C(=O)Nc2ccc(NCCO[Si](C)(C)C(C)(C)C)cc2)c1. The molecule has 1 heterocycles. The predicted molar refractivity (Wildman–Crippen MR) is 151 cm³/mol. The van der Waals surface area contributed by atoms with Crippen LogP contribution in [0.4, 0.5) is 17.1 Å². The fourth-order valence-corrected chi connectivity index (χ4v) is 4.44. The largest absolute Gasteiger partial charge is 0.415 e. The van der Waals surface area contributed by atoms with Crippen LogP contribution in [0.25, 0.3) is 0 Å². The Morgan fingerprint density at radius 3 is 1.78 bits per heavy atom. The fourth-order valence-electron chi connectivity index (χ4n) is 3.27. The zero-order chi connectivity index (χ0) is 26.5. The van der Waals surface area contributed by atoms with Gasteiger partial charge in [0.05, 0.1) is 17.7 Å². The predicted octanol–water partition coefficient (Wildman–Crippen LogP) is 6.62. The van der Waals surface area contributed by atoms with Crippen molar-refractivity contribution in [1.29, 1.82) is 0 Å². The van der Waals surface area contributed by atoms with Gasteiger partial charge in [0.1, 0.15) is 0 Å².